The van der Waals surface area contributed by atoms with Gasteiger partial charge in [-0.25, -0.2) is 0 Å². The van der Waals surface area contributed by atoms with Crippen LogP contribution in [0, 0.1) is 0 Å². The highest BCUT2D eigenvalue weighted by atomic mass is 16.5. The van der Waals surface area contributed by atoms with E-state index in [-0.39, 0.29) is 0 Å². The first-order valence-electron chi connectivity index (χ1n) is 10.6. The van der Waals surface area contributed by atoms with E-state index in [2.05, 4.69) is 50.2 Å². The zero-order chi connectivity index (χ0) is 18.5. The molecule has 0 N–H and O–H groups in total. The SMILES string of the molecule is CCCCCCCOc1ccc(OCCCCCCC)c2ccccc12. The summed E-state index contributed by atoms with van der Waals surface area (Å²) in [5.41, 5.74) is 0. The smallest absolute Gasteiger partial charge is 0.127 e. The molecule has 2 rings (SSSR count). The molecular formula is C24H36O2. The molecule has 26 heavy (non-hydrogen) atoms. The molecule has 0 unspecified atom stereocenters. The van der Waals surface area contributed by atoms with Gasteiger partial charge in [-0.3, -0.25) is 0 Å². The number of unbranched alkanes of at least 4 members (excludes halogenated alkanes) is 8. The fraction of sp³-hybridized carbons (Fsp3) is 0.583. The summed E-state index contributed by atoms with van der Waals surface area (Å²) >= 11 is 0. The van der Waals surface area contributed by atoms with Gasteiger partial charge in [0.25, 0.3) is 0 Å². The lowest BCUT2D eigenvalue weighted by Gasteiger charge is -2.13. The molecule has 2 nitrogen and oxygen atoms in total. The zero-order valence-corrected chi connectivity index (χ0v) is 16.8. The largest absolute Gasteiger partial charge is 0.493 e. The van der Waals surface area contributed by atoms with E-state index in [1.165, 1.54) is 51.4 Å². The van der Waals surface area contributed by atoms with Crippen LogP contribution in [0.3, 0.4) is 0 Å². The third kappa shape index (κ3) is 6.90. The minimum atomic E-state index is 0.797. The van der Waals surface area contributed by atoms with Crippen LogP contribution in [-0.2, 0) is 0 Å². The first-order chi connectivity index (χ1) is 12.9. The van der Waals surface area contributed by atoms with Crippen molar-refractivity contribution in [1.29, 1.82) is 0 Å². The van der Waals surface area contributed by atoms with E-state index in [0.29, 0.717) is 0 Å². The Balaban J connectivity index is 1.88. The molecule has 0 aliphatic carbocycles. The molecule has 2 aromatic carbocycles. The summed E-state index contributed by atoms with van der Waals surface area (Å²) < 4.78 is 12.1. The third-order valence-corrected chi connectivity index (χ3v) is 4.85. The van der Waals surface area contributed by atoms with Crippen LogP contribution in [0.5, 0.6) is 11.5 Å². The Hall–Kier alpha value is -1.70. The standard InChI is InChI=1S/C24H36O2/c1-3-5-7-9-13-19-25-23-17-18-24(22-16-12-11-15-21(22)23)26-20-14-10-8-6-4-2/h11-12,15-18H,3-10,13-14,19-20H2,1-2H3. The van der Waals surface area contributed by atoms with Gasteiger partial charge in [0.05, 0.1) is 13.2 Å². The molecular weight excluding hydrogens is 320 g/mol. The average molecular weight is 357 g/mol. The van der Waals surface area contributed by atoms with Crippen molar-refractivity contribution in [3.8, 4) is 11.5 Å². The minimum absolute atomic E-state index is 0.797. The molecule has 0 amide bonds. The average Bonchev–Trinajstić information content (AvgIpc) is 2.68. The fourth-order valence-corrected chi connectivity index (χ4v) is 3.27. The predicted molar refractivity (Wildman–Crippen MR) is 112 cm³/mol. The lowest BCUT2D eigenvalue weighted by molar-refractivity contribution is 0.301. The molecule has 0 saturated heterocycles. The number of hydrogen-bond donors (Lipinski definition) is 0. The van der Waals surface area contributed by atoms with Crippen LogP contribution >= 0.6 is 0 Å². The molecule has 2 aromatic rings. The molecule has 0 aromatic heterocycles. The molecule has 0 atom stereocenters. The second-order valence-electron chi connectivity index (χ2n) is 7.13. The summed E-state index contributed by atoms with van der Waals surface area (Å²) in [6.45, 7) is 6.09. The summed E-state index contributed by atoms with van der Waals surface area (Å²) in [5, 5.41) is 2.31. The first kappa shape index (κ1) is 20.6. The Bertz CT molecular complexity index is 566. The van der Waals surface area contributed by atoms with Crippen LogP contribution in [0.2, 0.25) is 0 Å². The minimum Gasteiger partial charge on any atom is -0.493 e. The third-order valence-electron chi connectivity index (χ3n) is 4.85. The van der Waals surface area contributed by atoms with Crippen molar-refractivity contribution < 1.29 is 9.47 Å². The van der Waals surface area contributed by atoms with Crippen LogP contribution in [0.15, 0.2) is 36.4 Å². The maximum Gasteiger partial charge on any atom is 0.127 e. The zero-order valence-electron chi connectivity index (χ0n) is 16.8. The maximum atomic E-state index is 6.07. The molecule has 0 aliphatic heterocycles. The normalized spacial score (nSPS) is 11.0. The molecule has 0 radical (unpaired) electrons. The van der Waals surface area contributed by atoms with Crippen molar-refractivity contribution >= 4 is 10.8 Å². The van der Waals surface area contributed by atoms with Gasteiger partial charge in [0.1, 0.15) is 11.5 Å². The van der Waals surface area contributed by atoms with Gasteiger partial charge in [-0.15, -0.1) is 0 Å². The van der Waals surface area contributed by atoms with Gasteiger partial charge in [-0.1, -0.05) is 89.5 Å². The lowest BCUT2D eigenvalue weighted by atomic mass is 10.1. The Morgan fingerprint density at radius 2 is 0.962 bits per heavy atom. The van der Waals surface area contributed by atoms with Crippen LogP contribution in [-0.4, -0.2) is 13.2 Å². The molecule has 0 aliphatic rings. The van der Waals surface area contributed by atoms with E-state index in [4.69, 9.17) is 9.47 Å². The quantitative estimate of drug-likeness (QED) is 0.325. The number of rotatable bonds is 14. The van der Waals surface area contributed by atoms with Gasteiger partial charge in [0.15, 0.2) is 0 Å². The van der Waals surface area contributed by atoms with Crippen molar-refractivity contribution in [2.45, 2.75) is 78.1 Å². The lowest BCUT2D eigenvalue weighted by Crippen LogP contribution is -2.00. The second kappa shape index (κ2) is 12.6. The van der Waals surface area contributed by atoms with Crippen LogP contribution in [0.25, 0.3) is 10.8 Å². The fourth-order valence-electron chi connectivity index (χ4n) is 3.27. The Kier molecular flexibility index (Phi) is 10.0. The second-order valence-corrected chi connectivity index (χ2v) is 7.13. The Labute approximate surface area is 159 Å². The van der Waals surface area contributed by atoms with Crippen LogP contribution in [0.1, 0.15) is 78.1 Å². The summed E-state index contributed by atoms with van der Waals surface area (Å²) in [4.78, 5) is 0. The van der Waals surface area contributed by atoms with E-state index in [1.54, 1.807) is 0 Å². The predicted octanol–water partition coefficient (Wildman–Crippen LogP) is 7.54. The summed E-state index contributed by atoms with van der Waals surface area (Å²) in [6, 6.07) is 12.6. The summed E-state index contributed by atoms with van der Waals surface area (Å²) in [6.07, 6.45) is 12.6. The van der Waals surface area contributed by atoms with Crippen molar-refractivity contribution in [2.75, 3.05) is 13.2 Å². The summed E-state index contributed by atoms with van der Waals surface area (Å²) in [5.74, 6) is 1.96. The molecule has 0 heterocycles. The number of fused-ring (bicyclic) bond motifs is 1. The highest BCUT2D eigenvalue weighted by Gasteiger charge is 2.07. The number of hydrogen-bond acceptors (Lipinski definition) is 2. The summed E-state index contributed by atoms with van der Waals surface area (Å²) in [7, 11) is 0. The van der Waals surface area contributed by atoms with Crippen LogP contribution in [0.4, 0.5) is 0 Å². The molecule has 0 saturated carbocycles. The number of benzene rings is 2. The maximum absolute atomic E-state index is 6.07. The Morgan fingerprint density at radius 3 is 1.38 bits per heavy atom. The number of ether oxygens (including phenoxy) is 2. The molecule has 0 fully saturated rings. The Morgan fingerprint density at radius 1 is 0.538 bits per heavy atom. The van der Waals surface area contributed by atoms with Crippen molar-refractivity contribution in [3.05, 3.63) is 36.4 Å². The highest BCUT2D eigenvalue weighted by molar-refractivity contribution is 5.93. The van der Waals surface area contributed by atoms with E-state index in [9.17, 15) is 0 Å². The molecule has 0 bridgehead atoms. The van der Waals surface area contributed by atoms with Gasteiger partial charge in [0.2, 0.25) is 0 Å². The van der Waals surface area contributed by atoms with E-state index >= 15 is 0 Å². The monoisotopic (exact) mass is 356 g/mol. The van der Waals surface area contributed by atoms with E-state index < -0.39 is 0 Å². The topological polar surface area (TPSA) is 18.5 Å². The highest BCUT2D eigenvalue weighted by Crippen LogP contribution is 2.33. The van der Waals surface area contributed by atoms with Crippen LogP contribution < -0.4 is 9.47 Å². The van der Waals surface area contributed by atoms with Gasteiger partial charge >= 0.3 is 0 Å². The van der Waals surface area contributed by atoms with Gasteiger partial charge < -0.3 is 9.47 Å². The van der Waals surface area contributed by atoms with Gasteiger partial charge in [-0.2, -0.15) is 0 Å². The molecule has 0 spiro atoms. The molecule has 2 heteroatoms. The van der Waals surface area contributed by atoms with E-state index in [0.717, 1.165) is 48.3 Å². The van der Waals surface area contributed by atoms with Crippen molar-refractivity contribution in [1.82, 2.24) is 0 Å². The van der Waals surface area contributed by atoms with Crippen molar-refractivity contribution in [2.24, 2.45) is 0 Å². The van der Waals surface area contributed by atoms with Crippen molar-refractivity contribution in [3.63, 3.8) is 0 Å². The molecule has 144 valence electrons. The van der Waals surface area contributed by atoms with Gasteiger partial charge in [0, 0.05) is 10.8 Å². The first-order valence-corrected chi connectivity index (χ1v) is 10.6. The van der Waals surface area contributed by atoms with E-state index in [1.807, 2.05) is 0 Å². The van der Waals surface area contributed by atoms with Gasteiger partial charge in [-0.05, 0) is 25.0 Å².